The maximum absolute atomic E-state index is 12.4. The molecule has 1 aliphatic rings. The maximum atomic E-state index is 12.4. The molecule has 3 aromatic rings. The number of amides is 1. The van der Waals surface area contributed by atoms with Gasteiger partial charge < -0.3 is 13.9 Å². The Morgan fingerprint density at radius 2 is 1.79 bits per heavy atom. The number of hydrogen-bond acceptors (Lipinski definition) is 7. The first-order valence-corrected chi connectivity index (χ1v) is 9.93. The predicted molar refractivity (Wildman–Crippen MR) is 106 cm³/mol. The number of aryl methyl sites for hydroxylation is 3. The Morgan fingerprint density at radius 3 is 2.48 bits per heavy atom. The highest BCUT2D eigenvalue weighted by atomic mass is 16.5. The van der Waals surface area contributed by atoms with E-state index in [1.807, 2.05) is 36.1 Å². The lowest BCUT2D eigenvalue weighted by atomic mass is 10.1. The summed E-state index contributed by atoms with van der Waals surface area (Å²) in [6, 6.07) is 9.78. The van der Waals surface area contributed by atoms with Gasteiger partial charge in [0.05, 0.1) is 5.69 Å². The number of carbonyl (C=O) groups is 1. The van der Waals surface area contributed by atoms with E-state index in [4.69, 9.17) is 9.05 Å². The van der Waals surface area contributed by atoms with E-state index >= 15 is 0 Å². The van der Waals surface area contributed by atoms with Gasteiger partial charge >= 0.3 is 0 Å². The van der Waals surface area contributed by atoms with Crippen LogP contribution in [-0.2, 0) is 6.42 Å². The van der Waals surface area contributed by atoms with Crippen molar-refractivity contribution in [1.29, 1.82) is 0 Å². The average molecular weight is 395 g/mol. The van der Waals surface area contributed by atoms with Gasteiger partial charge in [0.1, 0.15) is 0 Å². The van der Waals surface area contributed by atoms with Crippen molar-refractivity contribution in [3.8, 4) is 11.4 Å². The van der Waals surface area contributed by atoms with Crippen LogP contribution in [0.2, 0.25) is 0 Å². The number of aromatic nitrogens is 3. The number of hydrogen-bond donors (Lipinski definition) is 0. The van der Waals surface area contributed by atoms with Crippen LogP contribution < -0.4 is 0 Å². The third-order valence-corrected chi connectivity index (χ3v) is 5.14. The fraction of sp³-hybridized carbons (Fsp3) is 0.429. The summed E-state index contributed by atoms with van der Waals surface area (Å²) >= 11 is 0. The monoisotopic (exact) mass is 395 g/mol. The number of benzene rings is 1. The van der Waals surface area contributed by atoms with E-state index in [0.29, 0.717) is 30.6 Å². The van der Waals surface area contributed by atoms with Gasteiger partial charge in [0.25, 0.3) is 5.91 Å². The second-order valence-electron chi connectivity index (χ2n) is 7.45. The highest BCUT2D eigenvalue weighted by Gasteiger charge is 2.24. The topological polar surface area (TPSA) is 88.5 Å². The minimum atomic E-state index is -0.0836. The molecule has 0 atom stereocenters. The van der Waals surface area contributed by atoms with E-state index in [1.165, 1.54) is 5.56 Å². The van der Waals surface area contributed by atoms with Crippen LogP contribution in [0.15, 0.2) is 39.4 Å². The van der Waals surface area contributed by atoms with E-state index < -0.39 is 0 Å². The van der Waals surface area contributed by atoms with Crippen molar-refractivity contribution in [2.75, 3.05) is 32.7 Å². The average Bonchev–Trinajstić information content (AvgIpc) is 3.38. The van der Waals surface area contributed by atoms with Crippen LogP contribution in [0.5, 0.6) is 0 Å². The van der Waals surface area contributed by atoms with Gasteiger partial charge in [-0.15, -0.1) is 0 Å². The smallest absolute Gasteiger partial charge is 0.292 e. The first-order valence-electron chi connectivity index (χ1n) is 9.93. The molecule has 1 saturated heterocycles. The number of rotatable bonds is 6. The number of piperazine rings is 1. The normalized spacial score (nSPS) is 15.0. The fourth-order valence-corrected chi connectivity index (χ4v) is 3.42. The Balaban J connectivity index is 1.21. The van der Waals surface area contributed by atoms with Gasteiger partial charge in [-0.25, -0.2) is 0 Å². The summed E-state index contributed by atoms with van der Waals surface area (Å²) in [5.41, 5.74) is 2.89. The molecule has 1 aromatic carbocycles. The van der Waals surface area contributed by atoms with E-state index in [-0.39, 0.29) is 5.91 Å². The summed E-state index contributed by atoms with van der Waals surface area (Å²) in [5, 5.41) is 7.87. The number of nitrogens with zero attached hydrogens (tertiary/aromatic N) is 5. The standard InChI is InChI=1S/C21H25N5O3/c1-15-5-7-17(8-6-15)20-22-19(29-24-20)4-3-9-25-10-12-26(13-11-25)21(27)18-14-16(2)23-28-18/h5-8,14H,3-4,9-13H2,1-2H3. The van der Waals surface area contributed by atoms with Crippen molar-refractivity contribution >= 4 is 5.91 Å². The molecule has 1 amide bonds. The van der Waals surface area contributed by atoms with Crippen LogP contribution in [0.3, 0.4) is 0 Å². The van der Waals surface area contributed by atoms with E-state index in [0.717, 1.165) is 43.7 Å². The second kappa shape index (κ2) is 8.57. The van der Waals surface area contributed by atoms with Crippen molar-refractivity contribution in [2.45, 2.75) is 26.7 Å². The molecule has 0 radical (unpaired) electrons. The minimum Gasteiger partial charge on any atom is -0.351 e. The lowest BCUT2D eigenvalue weighted by Gasteiger charge is -2.34. The van der Waals surface area contributed by atoms with Crippen LogP contribution in [0.4, 0.5) is 0 Å². The van der Waals surface area contributed by atoms with Crippen molar-refractivity contribution in [3.63, 3.8) is 0 Å². The van der Waals surface area contributed by atoms with Crippen LogP contribution >= 0.6 is 0 Å². The van der Waals surface area contributed by atoms with Crippen molar-refractivity contribution in [2.24, 2.45) is 0 Å². The second-order valence-corrected chi connectivity index (χ2v) is 7.45. The molecule has 0 aliphatic carbocycles. The van der Waals surface area contributed by atoms with Gasteiger partial charge in [-0.3, -0.25) is 9.69 Å². The van der Waals surface area contributed by atoms with Gasteiger partial charge in [-0.2, -0.15) is 4.98 Å². The van der Waals surface area contributed by atoms with Crippen LogP contribution in [-0.4, -0.2) is 63.7 Å². The molecular weight excluding hydrogens is 370 g/mol. The largest absolute Gasteiger partial charge is 0.351 e. The van der Waals surface area contributed by atoms with Gasteiger partial charge in [-0.1, -0.05) is 40.1 Å². The molecule has 8 heteroatoms. The number of carbonyl (C=O) groups excluding carboxylic acids is 1. The summed E-state index contributed by atoms with van der Waals surface area (Å²) in [6.45, 7) is 7.87. The highest BCUT2D eigenvalue weighted by molar-refractivity contribution is 5.91. The highest BCUT2D eigenvalue weighted by Crippen LogP contribution is 2.17. The quantitative estimate of drug-likeness (QED) is 0.634. The first kappa shape index (κ1) is 19.3. The molecular formula is C21H25N5O3. The fourth-order valence-electron chi connectivity index (χ4n) is 3.42. The molecule has 8 nitrogen and oxygen atoms in total. The summed E-state index contributed by atoms with van der Waals surface area (Å²) in [4.78, 5) is 21.1. The van der Waals surface area contributed by atoms with Gasteiger partial charge in [-0.05, 0) is 26.8 Å². The molecule has 1 aliphatic heterocycles. The lowest BCUT2D eigenvalue weighted by molar-refractivity contribution is 0.0595. The molecule has 3 heterocycles. The van der Waals surface area contributed by atoms with Crippen molar-refractivity contribution in [3.05, 3.63) is 53.2 Å². The van der Waals surface area contributed by atoms with Crippen molar-refractivity contribution < 1.29 is 13.8 Å². The molecule has 0 unspecified atom stereocenters. The van der Waals surface area contributed by atoms with Crippen LogP contribution in [0.25, 0.3) is 11.4 Å². The molecule has 152 valence electrons. The Morgan fingerprint density at radius 1 is 1.03 bits per heavy atom. The molecule has 4 rings (SSSR count). The SMILES string of the molecule is Cc1ccc(-c2noc(CCCN3CCN(C(=O)c4cc(C)no4)CC3)n2)cc1. The predicted octanol–water partition coefficient (Wildman–Crippen LogP) is 2.73. The molecule has 0 bridgehead atoms. The maximum Gasteiger partial charge on any atom is 0.292 e. The minimum absolute atomic E-state index is 0.0836. The van der Waals surface area contributed by atoms with E-state index in [1.54, 1.807) is 6.07 Å². The Labute approximate surface area is 169 Å². The summed E-state index contributed by atoms with van der Waals surface area (Å²) in [5.74, 6) is 1.53. The Hall–Kier alpha value is -3.00. The molecule has 1 fully saturated rings. The van der Waals surface area contributed by atoms with Crippen LogP contribution in [0, 0.1) is 13.8 Å². The van der Waals surface area contributed by atoms with Gasteiger partial charge in [0, 0.05) is 44.2 Å². The zero-order valence-electron chi connectivity index (χ0n) is 16.8. The molecule has 0 spiro atoms. The lowest BCUT2D eigenvalue weighted by Crippen LogP contribution is -2.48. The first-order chi connectivity index (χ1) is 14.1. The third-order valence-electron chi connectivity index (χ3n) is 5.14. The molecule has 0 saturated carbocycles. The summed E-state index contributed by atoms with van der Waals surface area (Å²) < 4.78 is 10.5. The Bertz CT molecular complexity index is 955. The molecule has 29 heavy (non-hydrogen) atoms. The van der Waals surface area contributed by atoms with E-state index in [2.05, 4.69) is 27.1 Å². The van der Waals surface area contributed by atoms with Gasteiger partial charge in [0.2, 0.25) is 17.5 Å². The zero-order chi connectivity index (χ0) is 20.2. The molecule has 2 aromatic heterocycles. The van der Waals surface area contributed by atoms with E-state index in [9.17, 15) is 4.79 Å². The molecule has 0 N–H and O–H groups in total. The summed E-state index contributed by atoms with van der Waals surface area (Å²) in [6.07, 6.45) is 1.68. The Kier molecular flexibility index (Phi) is 5.71. The third kappa shape index (κ3) is 4.71. The summed E-state index contributed by atoms with van der Waals surface area (Å²) in [7, 11) is 0. The van der Waals surface area contributed by atoms with Crippen molar-refractivity contribution in [1.82, 2.24) is 25.1 Å². The van der Waals surface area contributed by atoms with Crippen LogP contribution in [0.1, 0.15) is 34.1 Å². The van der Waals surface area contributed by atoms with Gasteiger partial charge in [0.15, 0.2) is 0 Å². The zero-order valence-corrected chi connectivity index (χ0v) is 16.8.